The Morgan fingerprint density at radius 1 is 1.03 bits per heavy atom. The molecule has 5 nitrogen and oxygen atoms in total. The van der Waals surface area contributed by atoms with Crippen LogP contribution in [0.4, 0.5) is 0 Å². The first-order valence-electron chi connectivity index (χ1n) is 9.89. The van der Waals surface area contributed by atoms with E-state index in [1.165, 1.54) is 10.4 Å². The highest BCUT2D eigenvalue weighted by Crippen LogP contribution is 2.33. The summed E-state index contributed by atoms with van der Waals surface area (Å²) in [6.07, 6.45) is 0.556. The molecule has 0 saturated carbocycles. The average molecular weight is 458 g/mol. The van der Waals surface area contributed by atoms with Crippen molar-refractivity contribution >= 4 is 27.6 Å². The molecule has 1 N–H and O–H groups in total. The van der Waals surface area contributed by atoms with Gasteiger partial charge in [-0.25, -0.2) is 13.2 Å². The Morgan fingerprint density at radius 3 is 2.23 bits per heavy atom. The highest BCUT2D eigenvalue weighted by molar-refractivity contribution is 7.89. The number of benzene rings is 3. The SMILES string of the molecule is CCC(c1ccc(Cl)cc1)N(Cc1ccc(C(=O)O)cc1C)S(=O)(=O)c1ccccc1. The highest BCUT2D eigenvalue weighted by Gasteiger charge is 2.32. The van der Waals surface area contributed by atoms with E-state index in [2.05, 4.69) is 0 Å². The third kappa shape index (κ3) is 5.15. The van der Waals surface area contributed by atoms with Crippen LogP contribution in [0.1, 0.15) is 46.4 Å². The lowest BCUT2D eigenvalue weighted by Gasteiger charge is -2.31. The predicted molar refractivity (Wildman–Crippen MR) is 122 cm³/mol. The maximum Gasteiger partial charge on any atom is 0.335 e. The number of sulfonamides is 1. The molecule has 0 aromatic heterocycles. The number of nitrogens with zero attached hydrogens (tertiary/aromatic N) is 1. The third-order valence-corrected chi connectivity index (χ3v) is 7.38. The van der Waals surface area contributed by atoms with Crippen LogP contribution in [0.25, 0.3) is 0 Å². The van der Waals surface area contributed by atoms with Gasteiger partial charge in [0.1, 0.15) is 0 Å². The van der Waals surface area contributed by atoms with Crippen LogP contribution in [0.2, 0.25) is 5.02 Å². The van der Waals surface area contributed by atoms with Gasteiger partial charge in [-0.1, -0.05) is 54.9 Å². The largest absolute Gasteiger partial charge is 0.478 e. The van der Waals surface area contributed by atoms with Crippen LogP contribution in [-0.2, 0) is 16.6 Å². The summed E-state index contributed by atoms with van der Waals surface area (Å²) >= 11 is 6.04. The molecule has 0 saturated heterocycles. The zero-order valence-electron chi connectivity index (χ0n) is 17.3. The van der Waals surface area contributed by atoms with Crippen molar-refractivity contribution in [2.75, 3.05) is 0 Å². The van der Waals surface area contributed by atoms with E-state index in [4.69, 9.17) is 11.6 Å². The van der Waals surface area contributed by atoms with Gasteiger partial charge in [-0.2, -0.15) is 4.31 Å². The lowest BCUT2D eigenvalue weighted by molar-refractivity contribution is 0.0696. The monoisotopic (exact) mass is 457 g/mol. The van der Waals surface area contributed by atoms with Gasteiger partial charge in [-0.15, -0.1) is 0 Å². The summed E-state index contributed by atoms with van der Waals surface area (Å²) < 4.78 is 28.8. The van der Waals surface area contributed by atoms with Gasteiger partial charge in [0.15, 0.2) is 0 Å². The molecule has 162 valence electrons. The van der Waals surface area contributed by atoms with Crippen molar-refractivity contribution in [3.63, 3.8) is 0 Å². The summed E-state index contributed by atoms with van der Waals surface area (Å²) in [6.45, 7) is 3.84. The topological polar surface area (TPSA) is 74.7 Å². The van der Waals surface area contributed by atoms with Crippen LogP contribution in [0.3, 0.4) is 0 Å². The van der Waals surface area contributed by atoms with Crippen LogP contribution in [0.5, 0.6) is 0 Å². The molecule has 1 atom stereocenters. The average Bonchev–Trinajstić information content (AvgIpc) is 2.76. The molecule has 0 amide bonds. The van der Waals surface area contributed by atoms with E-state index in [1.807, 2.05) is 19.1 Å². The summed E-state index contributed by atoms with van der Waals surface area (Å²) in [4.78, 5) is 11.5. The molecule has 1 unspecified atom stereocenters. The molecular formula is C24H24ClNO4S. The number of halogens is 1. The number of carboxylic acids is 1. The molecule has 0 aliphatic heterocycles. The third-order valence-electron chi connectivity index (χ3n) is 5.25. The van der Waals surface area contributed by atoms with Gasteiger partial charge in [0.05, 0.1) is 16.5 Å². The molecule has 0 spiro atoms. The number of aromatic carboxylic acids is 1. The standard InChI is InChI=1S/C24H24ClNO4S/c1-3-23(18-11-13-21(25)14-12-18)26(31(29,30)22-7-5-4-6-8-22)16-20-10-9-19(24(27)28)15-17(20)2/h4-15,23H,3,16H2,1-2H3,(H,27,28). The molecule has 0 radical (unpaired) electrons. The minimum Gasteiger partial charge on any atom is -0.478 e. The van der Waals surface area contributed by atoms with Crippen molar-refractivity contribution in [2.45, 2.75) is 37.8 Å². The second-order valence-electron chi connectivity index (χ2n) is 7.29. The van der Waals surface area contributed by atoms with E-state index in [1.54, 1.807) is 61.5 Å². The van der Waals surface area contributed by atoms with Gasteiger partial charge in [0, 0.05) is 11.6 Å². The smallest absolute Gasteiger partial charge is 0.335 e. The Hall–Kier alpha value is -2.67. The Bertz CT molecular complexity index is 1160. The van der Waals surface area contributed by atoms with E-state index < -0.39 is 22.0 Å². The number of carboxylic acid groups (broad SMARTS) is 1. The van der Waals surface area contributed by atoms with E-state index in [-0.39, 0.29) is 17.0 Å². The summed E-state index contributed by atoms with van der Waals surface area (Å²) in [7, 11) is -3.83. The lowest BCUT2D eigenvalue weighted by atomic mass is 10.0. The zero-order chi connectivity index (χ0) is 22.6. The first-order valence-corrected chi connectivity index (χ1v) is 11.7. The number of rotatable bonds is 8. The summed E-state index contributed by atoms with van der Waals surface area (Å²) in [5, 5.41) is 9.82. The van der Waals surface area contributed by atoms with Gasteiger partial charge >= 0.3 is 5.97 Å². The molecule has 0 fully saturated rings. The number of hydrogen-bond acceptors (Lipinski definition) is 3. The molecule has 31 heavy (non-hydrogen) atoms. The van der Waals surface area contributed by atoms with E-state index in [0.29, 0.717) is 11.4 Å². The Balaban J connectivity index is 2.10. The van der Waals surface area contributed by atoms with Crippen LogP contribution < -0.4 is 0 Å². The maximum absolute atomic E-state index is 13.7. The van der Waals surface area contributed by atoms with Crippen LogP contribution in [0, 0.1) is 6.92 Å². The van der Waals surface area contributed by atoms with Crippen molar-refractivity contribution < 1.29 is 18.3 Å². The summed E-state index contributed by atoms with van der Waals surface area (Å²) in [6, 6.07) is 19.8. The fraction of sp³-hybridized carbons (Fsp3) is 0.208. The number of carbonyl (C=O) groups is 1. The predicted octanol–water partition coefficient (Wildman–Crippen LogP) is 5.69. The van der Waals surface area contributed by atoms with Gasteiger partial charge in [-0.05, 0) is 66.4 Å². The summed E-state index contributed by atoms with van der Waals surface area (Å²) in [5.74, 6) is -1.02. The van der Waals surface area contributed by atoms with Crippen LogP contribution in [0.15, 0.2) is 77.7 Å². The van der Waals surface area contributed by atoms with Crippen molar-refractivity contribution in [3.8, 4) is 0 Å². The minimum absolute atomic E-state index is 0.115. The molecule has 3 rings (SSSR count). The highest BCUT2D eigenvalue weighted by atomic mass is 35.5. The van der Waals surface area contributed by atoms with Gasteiger partial charge in [0.25, 0.3) is 0 Å². The molecule has 0 bridgehead atoms. The second kappa shape index (κ2) is 9.64. The molecule has 3 aromatic carbocycles. The minimum atomic E-state index is -3.83. The number of hydrogen-bond donors (Lipinski definition) is 1. The van der Waals surface area contributed by atoms with Gasteiger partial charge < -0.3 is 5.11 Å². The molecular weight excluding hydrogens is 434 g/mol. The normalized spacial score (nSPS) is 12.6. The lowest BCUT2D eigenvalue weighted by Crippen LogP contribution is -2.34. The van der Waals surface area contributed by atoms with E-state index in [0.717, 1.165) is 16.7 Å². The van der Waals surface area contributed by atoms with Crippen molar-refractivity contribution in [1.82, 2.24) is 4.31 Å². The van der Waals surface area contributed by atoms with Crippen LogP contribution in [-0.4, -0.2) is 23.8 Å². The summed E-state index contributed by atoms with van der Waals surface area (Å²) in [5.41, 5.74) is 2.48. The Labute approximate surface area is 188 Å². The Morgan fingerprint density at radius 2 is 1.68 bits per heavy atom. The van der Waals surface area contributed by atoms with Gasteiger partial charge in [-0.3, -0.25) is 0 Å². The first kappa shape index (κ1) is 23.0. The second-order valence-corrected chi connectivity index (χ2v) is 9.61. The molecule has 0 heterocycles. The van der Waals surface area contributed by atoms with E-state index in [9.17, 15) is 18.3 Å². The maximum atomic E-state index is 13.7. The van der Waals surface area contributed by atoms with E-state index >= 15 is 0 Å². The molecule has 7 heteroatoms. The van der Waals surface area contributed by atoms with Crippen molar-refractivity contribution in [2.24, 2.45) is 0 Å². The molecule has 0 aliphatic carbocycles. The van der Waals surface area contributed by atoms with Gasteiger partial charge in [0.2, 0.25) is 10.0 Å². The zero-order valence-corrected chi connectivity index (χ0v) is 18.9. The van der Waals surface area contributed by atoms with Crippen LogP contribution >= 0.6 is 11.6 Å². The Kier molecular flexibility index (Phi) is 7.15. The van der Waals surface area contributed by atoms with Crippen molar-refractivity contribution in [3.05, 3.63) is 100 Å². The molecule has 3 aromatic rings. The first-order chi connectivity index (χ1) is 14.7. The quantitative estimate of drug-likeness (QED) is 0.471. The molecule has 0 aliphatic rings. The van der Waals surface area contributed by atoms with Crippen molar-refractivity contribution in [1.29, 1.82) is 0 Å². The number of aryl methyl sites for hydroxylation is 1. The fourth-order valence-electron chi connectivity index (χ4n) is 3.56. The fourth-order valence-corrected chi connectivity index (χ4v) is 5.37.